The molecule has 0 fully saturated rings. The van der Waals surface area contributed by atoms with E-state index in [4.69, 9.17) is 20.0 Å². The molecule has 0 aliphatic heterocycles. The van der Waals surface area contributed by atoms with Gasteiger partial charge in [-0.25, -0.2) is 18.7 Å². The molecule has 0 saturated carbocycles. The maximum Gasteiger partial charge on any atom is 0.433 e. The molecular weight excluding hydrogens is 530 g/mol. The minimum atomic E-state index is -4.72. The third-order valence-corrected chi connectivity index (χ3v) is 4.86. The van der Waals surface area contributed by atoms with Crippen LogP contribution < -0.4 is 4.74 Å². The highest BCUT2D eigenvalue weighted by Gasteiger charge is 2.36. The smallest absolute Gasteiger partial charge is 0.433 e. The number of non-ortho nitro benzene ring substituents is 1. The molecule has 39 heavy (non-hydrogen) atoms. The van der Waals surface area contributed by atoms with Crippen molar-refractivity contribution < 1.29 is 41.5 Å². The van der Waals surface area contributed by atoms with Crippen molar-refractivity contribution in [2.45, 2.75) is 6.18 Å². The molecule has 0 radical (unpaired) electrons. The molecule has 2 N–H and O–H groups in total. The first-order valence-corrected chi connectivity index (χ1v) is 10.6. The molecule has 3 heterocycles. The van der Waals surface area contributed by atoms with Crippen molar-refractivity contribution in [3.05, 3.63) is 106 Å². The minimum Gasteiger partial charge on any atom is -0.698 e. The fourth-order valence-electron chi connectivity index (χ4n) is 3.22. The molecule has 0 unspecified atom stereocenters. The minimum absolute atomic E-state index is 0.0266. The fourth-order valence-corrected chi connectivity index (χ4v) is 3.22. The highest BCUT2D eigenvalue weighted by Crippen LogP contribution is 2.33. The van der Waals surface area contributed by atoms with E-state index in [1.165, 1.54) is 54.8 Å². The van der Waals surface area contributed by atoms with E-state index in [2.05, 4.69) is 10.1 Å². The molecule has 0 bridgehead atoms. The van der Waals surface area contributed by atoms with Crippen LogP contribution >= 0.6 is 0 Å². The Bertz CT molecular complexity index is 1650. The van der Waals surface area contributed by atoms with Gasteiger partial charge in [0.2, 0.25) is 0 Å². The third-order valence-electron chi connectivity index (χ3n) is 4.86. The van der Waals surface area contributed by atoms with E-state index in [0.717, 1.165) is 18.2 Å². The van der Waals surface area contributed by atoms with Crippen LogP contribution in [-0.4, -0.2) is 30.6 Å². The largest absolute Gasteiger partial charge is 0.698 e. The van der Waals surface area contributed by atoms with Crippen LogP contribution in [0, 0.1) is 15.9 Å². The number of aromatic carboxylic acids is 1. The quantitative estimate of drug-likeness (QED) is 0.142. The molecule has 200 valence electrons. The maximum atomic E-state index is 13.1. The second kappa shape index (κ2) is 10.5. The van der Waals surface area contributed by atoms with Crippen molar-refractivity contribution in [3.8, 4) is 23.0 Å². The zero-order valence-electron chi connectivity index (χ0n) is 19.2. The summed E-state index contributed by atoms with van der Waals surface area (Å²) in [6.07, 6.45) is -3.42. The summed E-state index contributed by atoms with van der Waals surface area (Å²) in [6, 6.07) is 13.6. The number of nitro benzene ring substituents is 1. The van der Waals surface area contributed by atoms with Gasteiger partial charge >= 0.3 is 12.1 Å². The Hall–Kier alpha value is -5.47. The second-order valence-corrected chi connectivity index (χ2v) is 7.64. The second-order valence-electron chi connectivity index (χ2n) is 7.64. The third kappa shape index (κ3) is 6.27. The number of nitrogens with zero attached hydrogens (tertiary/aromatic N) is 4. The lowest BCUT2D eigenvalue weighted by Gasteiger charge is -2.09. The number of ether oxygens (including phenoxy) is 1. The van der Waals surface area contributed by atoms with Gasteiger partial charge in [-0.1, -0.05) is 0 Å². The first-order valence-electron chi connectivity index (χ1n) is 10.6. The molecule has 15 heteroatoms. The molecule has 0 saturated heterocycles. The van der Waals surface area contributed by atoms with Crippen LogP contribution in [0.5, 0.6) is 11.5 Å². The van der Waals surface area contributed by atoms with Crippen LogP contribution in [0.15, 0.2) is 77.4 Å². The van der Waals surface area contributed by atoms with Gasteiger partial charge in [0.15, 0.2) is 22.8 Å². The molecule has 5 aromatic rings. The van der Waals surface area contributed by atoms with Gasteiger partial charge in [0.25, 0.3) is 5.69 Å². The van der Waals surface area contributed by atoms with E-state index in [1.807, 2.05) is 0 Å². The lowest BCUT2D eigenvalue weighted by atomic mass is 10.2. The summed E-state index contributed by atoms with van der Waals surface area (Å²) in [5, 5.41) is 22.9. The van der Waals surface area contributed by atoms with Gasteiger partial charge in [-0.05, 0) is 48.5 Å². The highest BCUT2D eigenvalue weighted by atomic mass is 19.4. The molecule has 0 amide bonds. The van der Waals surface area contributed by atoms with Crippen LogP contribution in [0.1, 0.15) is 16.2 Å². The maximum absolute atomic E-state index is 13.1. The van der Waals surface area contributed by atoms with Gasteiger partial charge < -0.3 is 20.0 Å². The Morgan fingerprint density at radius 2 is 1.79 bits per heavy atom. The summed E-state index contributed by atoms with van der Waals surface area (Å²) in [7, 11) is 0. The van der Waals surface area contributed by atoms with Crippen LogP contribution in [0.2, 0.25) is 0 Å². The number of alkyl halides is 3. The van der Waals surface area contributed by atoms with E-state index >= 15 is 0 Å². The summed E-state index contributed by atoms with van der Waals surface area (Å²) >= 11 is 0. The van der Waals surface area contributed by atoms with Crippen LogP contribution in [0.4, 0.5) is 28.9 Å². The number of furan rings is 1. The number of nitro groups is 1. The number of halogens is 4. The van der Waals surface area contributed by atoms with Crippen molar-refractivity contribution in [1.29, 1.82) is 0 Å². The normalized spacial score (nSPS) is 11.1. The Morgan fingerprint density at radius 1 is 1.08 bits per heavy atom. The van der Waals surface area contributed by atoms with E-state index in [-0.39, 0.29) is 34.2 Å². The van der Waals surface area contributed by atoms with Gasteiger partial charge in [-0.3, -0.25) is 10.1 Å². The molecule has 0 spiro atoms. The zero-order valence-corrected chi connectivity index (χ0v) is 19.2. The Balaban J connectivity index is 0.000000183. The first-order chi connectivity index (χ1) is 18.4. The van der Waals surface area contributed by atoms with Crippen LogP contribution in [0.25, 0.3) is 22.8 Å². The number of aromatic nitrogens is 3. The molecule has 0 aliphatic carbocycles. The Labute approximate surface area is 214 Å². The number of fused-ring (bicyclic) bond motifs is 1. The molecule has 2 aromatic carbocycles. The molecular formula is C24H14F4N5O6-. The molecule has 0 aliphatic rings. The monoisotopic (exact) mass is 544 g/mol. The van der Waals surface area contributed by atoms with E-state index in [9.17, 15) is 32.5 Å². The lowest BCUT2D eigenvalue weighted by Crippen LogP contribution is -2.14. The Morgan fingerprint density at radius 3 is 2.38 bits per heavy atom. The first kappa shape index (κ1) is 26.6. The molecule has 0 atom stereocenters. The van der Waals surface area contributed by atoms with Gasteiger partial charge in [-0.2, -0.15) is 18.3 Å². The molecule has 5 rings (SSSR count). The van der Waals surface area contributed by atoms with Gasteiger partial charge in [-0.15, -0.1) is 5.69 Å². The van der Waals surface area contributed by atoms with Crippen molar-refractivity contribution in [3.63, 3.8) is 0 Å². The Kier molecular flexibility index (Phi) is 7.15. The van der Waals surface area contributed by atoms with Crippen LogP contribution in [-0.2, 0) is 6.18 Å². The number of carbonyl (C=O) groups is 1. The average Bonchev–Trinajstić information content (AvgIpc) is 3.55. The number of carboxylic acid groups (broad SMARTS) is 1. The number of carboxylic acids is 1. The average molecular weight is 544 g/mol. The predicted octanol–water partition coefficient (Wildman–Crippen LogP) is 6.92. The van der Waals surface area contributed by atoms with Crippen molar-refractivity contribution >= 4 is 23.0 Å². The van der Waals surface area contributed by atoms with Gasteiger partial charge in [0.1, 0.15) is 23.0 Å². The summed E-state index contributed by atoms with van der Waals surface area (Å²) in [6.45, 7) is 0. The standard InChI is InChI=1S/C12H6F3N3O3.C12H8FN2O3/c13-12(14,15)9-4-6(8-2-1-3-21-8)16-10-5-7(11(19)20)17-18(9)10;13-8-1-3-11(4-2-8)18-12-6-9(14)5-10(7-12)15(16)17/h1-5H,(H,19,20);1-7,14H/q;-1. The number of hydrogen-bond acceptors (Lipinski definition) is 7. The summed E-state index contributed by atoms with van der Waals surface area (Å²) in [4.78, 5) is 24.8. The molecule has 3 aromatic heterocycles. The number of rotatable bonds is 5. The van der Waals surface area contributed by atoms with Crippen molar-refractivity contribution in [2.24, 2.45) is 0 Å². The summed E-state index contributed by atoms with van der Waals surface area (Å²) in [5.41, 5.74) is 5.23. The SMILES string of the molecule is O=C(O)c1cc2nc(-c3ccco3)cc(C(F)(F)F)n2n1.[NH-]c1cc(Oc2ccc(F)cc2)cc([N+](=O)[O-])c1. The number of benzene rings is 2. The van der Waals surface area contributed by atoms with E-state index in [1.54, 1.807) is 0 Å². The zero-order chi connectivity index (χ0) is 28.3. The van der Waals surface area contributed by atoms with Crippen molar-refractivity contribution in [2.75, 3.05) is 0 Å². The summed E-state index contributed by atoms with van der Waals surface area (Å²) in [5.74, 6) is -1.19. The van der Waals surface area contributed by atoms with E-state index < -0.39 is 34.3 Å². The number of nitrogens with one attached hydrogen (secondary N) is 1. The van der Waals surface area contributed by atoms with Gasteiger partial charge in [0.05, 0.1) is 17.3 Å². The fraction of sp³-hybridized carbons (Fsp3) is 0.0417. The lowest BCUT2D eigenvalue weighted by molar-refractivity contribution is -0.384. The van der Waals surface area contributed by atoms with E-state index in [0.29, 0.717) is 10.3 Å². The highest BCUT2D eigenvalue weighted by molar-refractivity contribution is 5.86. The van der Waals surface area contributed by atoms with Crippen LogP contribution in [0.3, 0.4) is 0 Å². The molecule has 11 nitrogen and oxygen atoms in total. The summed E-state index contributed by atoms with van der Waals surface area (Å²) < 4.78 is 62.7. The van der Waals surface area contributed by atoms with Gasteiger partial charge in [0, 0.05) is 12.1 Å². The van der Waals surface area contributed by atoms with Crippen molar-refractivity contribution in [1.82, 2.24) is 14.6 Å². The number of hydrogen-bond donors (Lipinski definition) is 1. The predicted molar refractivity (Wildman–Crippen MR) is 126 cm³/mol. The topological polar surface area (TPSA) is 157 Å².